The summed E-state index contributed by atoms with van der Waals surface area (Å²) in [5.74, 6) is -0.281. The Morgan fingerprint density at radius 2 is 1.79 bits per heavy atom. The molecule has 0 N–H and O–H groups in total. The number of benzene rings is 1. The van der Waals surface area contributed by atoms with E-state index in [1.54, 1.807) is 22.8 Å². The van der Waals surface area contributed by atoms with Crippen LogP contribution in [0.3, 0.4) is 0 Å². The quantitative estimate of drug-likeness (QED) is 0.531. The molecule has 0 amide bonds. The Morgan fingerprint density at radius 1 is 1.08 bits per heavy atom. The van der Waals surface area contributed by atoms with Crippen LogP contribution in [0.1, 0.15) is 27.4 Å². The second-order valence-corrected chi connectivity index (χ2v) is 5.96. The summed E-state index contributed by atoms with van der Waals surface area (Å²) < 4.78 is 17.8. The summed E-state index contributed by atoms with van der Waals surface area (Å²) in [6, 6.07) is 14.3. The van der Waals surface area contributed by atoms with Gasteiger partial charge in [-0.2, -0.15) is 4.57 Å². The van der Waals surface area contributed by atoms with Gasteiger partial charge in [-0.25, -0.2) is 4.39 Å². The van der Waals surface area contributed by atoms with Crippen molar-refractivity contribution >= 4 is 5.78 Å². The molecule has 3 nitrogen and oxygen atoms in total. The SMILES string of the molecule is Cc1cc(C(=O)C[n+]2ccccc2C)c(C)n1-c1ccccc1F. The lowest BCUT2D eigenvalue weighted by molar-refractivity contribution is -0.689. The zero-order valence-corrected chi connectivity index (χ0v) is 14.1. The molecule has 0 radical (unpaired) electrons. The van der Waals surface area contributed by atoms with E-state index < -0.39 is 0 Å². The molecule has 0 aliphatic rings. The van der Waals surface area contributed by atoms with Gasteiger partial charge in [-0.1, -0.05) is 18.2 Å². The first kappa shape index (κ1) is 16.1. The van der Waals surface area contributed by atoms with Crippen LogP contribution in [0.2, 0.25) is 0 Å². The van der Waals surface area contributed by atoms with Gasteiger partial charge in [0.25, 0.3) is 0 Å². The molecule has 0 aliphatic carbocycles. The minimum atomic E-state index is -0.299. The summed E-state index contributed by atoms with van der Waals surface area (Å²) in [5, 5.41) is 0. The first-order valence-electron chi connectivity index (χ1n) is 7.91. The number of rotatable bonds is 4. The Hall–Kier alpha value is -2.75. The van der Waals surface area contributed by atoms with Crippen LogP contribution in [0.4, 0.5) is 4.39 Å². The number of para-hydroxylation sites is 1. The molecule has 1 aromatic carbocycles. The lowest BCUT2D eigenvalue weighted by Crippen LogP contribution is -2.40. The van der Waals surface area contributed by atoms with E-state index in [4.69, 9.17) is 0 Å². The molecule has 24 heavy (non-hydrogen) atoms. The Bertz CT molecular complexity index is 912. The third-order valence-corrected chi connectivity index (χ3v) is 4.31. The Kier molecular flexibility index (Phi) is 4.30. The van der Waals surface area contributed by atoms with E-state index in [1.807, 2.05) is 55.8 Å². The van der Waals surface area contributed by atoms with Crippen LogP contribution in [0.25, 0.3) is 5.69 Å². The standard InChI is InChI=1S/C20H20FN2O/c1-14-8-6-7-11-22(14)13-20(24)17-12-15(2)23(16(17)3)19-10-5-4-9-18(19)21/h4-12H,13H2,1-3H3/q+1. The molecule has 0 saturated carbocycles. The second kappa shape index (κ2) is 6.40. The van der Waals surface area contributed by atoms with Crippen molar-refractivity contribution in [3.05, 3.63) is 83.2 Å². The van der Waals surface area contributed by atoms with Crippen molar-refractivity contribution in [3.8, 4) is 5.69 Å². The fourth-order valence-corrected chi connectivity index (χ4v) is 3.03. The lowest BCUT2D eigenvalue weighted by Gasteiger charge is -2.10. The molecule has 2 heterocycles. The lowest BCUT2D eigenvalue weighted by atomic mass is 10.1. The number of carbonyl (C=O) groups excluding carboxylic acids is 1. The van der Waals surface area contributed by atoms with Crippen molar-refractivity contribution in [2.24, 2.45) is 0 Å². The van der Waals surface area contributed by atoms with Gasteiger partial charge in [0.1, 0.15) is 5.82 Å². The number of nitrogens with zero attached hydrogens (tertiary/aromatic N) is 2. The Labute approximate surface area is 141 Å². The monoisotopic (exact) mass is 323 g/mol. The number of pyridine rings is 1. The zero-order chi connectivity index (χ0) is 17.3. The maximum absolute atomic E-state index is 14.1. The Morgan fingerprint density at radius 3 is 2.50 bits per heavy atom. The highest BCUT2D eigenvalue weighted by Gasteiger charge is 2.21. The van der Waals surface area contributed by atoms with Crippen molar-refractivity contribution in [1.82, 2.24) is 4.57 Å². The fourth-order valence-electron chi connectivity index (χ4n) is 3.03. The van der Waals surface area contributed by atoms with Gasteiger partial charge in [-0.3, -0.25) is 4.79 Å². The topological polar surface area (TPSA) is 25.9 Å². The molecular formula is C20H20FN2O+. The van der Waals surface area contributed by atoms with E-state index in [0.717, 1.165) is 17.1 Å². The van der Waals surface area contributed by atoms with Gasteiger partial charge in [-0.15, -0.1) is 0 Å². The van der Waals surface area contributed by atoms with Crippen LogP contribution in [0.5, 0.6) is 0 Å². The molecule has 0 atom stereocenters. The number of aromatic nitrogens is 2. The molecular weight excluding hydrogens is 303 g/mol. The first-order chi connectivity index (χ1) is 11.5. The summed E-state index contributed by atoms with van der Waals surface area (Å²) in [6.07, 6.45) is 1.89. The van der Waals surface area contributed by atoms with Gasteiger partial charge in [0.2, 0.25) is 12.3 Å². The largest absolute Gasteiger partial charge is 0.315 e. The van der Waals surface area contributed by atoms with Crippen LogP contribution in [-0.4, -0.2) is 10.4 Å². The molecule has 0 saturated heterocycles. The molecule has 3 rings (SSSR count). The van der Waals surface area contributed by atoms with Gasteiger partial charge in [-0.05, 0) is 32.0 Å². The number of halogens is 1. The first-order valence-corrected chi connectivity index (χ1v) is 7.91. The van der Waals surface area contributed by atoms with E-state index in [-0.39, 0.29) is 18.1 Å². The van der Waals surface area contributed by atoms with Crippen molar-refractivity contribution < 1.29 is 13.8 Å². The van der Waals surface area contributed by atoms with Gasteiger partial charge in [0.15, 0.2) is 11.9 Å². The number of Topliss-reactive ketones (excluding diaryl/α,β-unsaturated/α-hetero) is 1. The molecule has 4 heteroatoms. The smallest absolute Gasteiger partial charge is 0.229 e. The van der Waals surface area contributed by atoms with Crippen molar-refractivity contribution in [2.75, 3.05) is 0 Å². The molecule has 0 bridgehead atoms. The van der Waals surface area contributed by atoms with E-state index in [2.05, 4.69) is 0 Å². The molecule has 0 fully saturated rings. The number of hydrogen-bond acceptors (Lipinski definition) is 1. The normalized spacial score (nSPS) is 10.8. The molecule has 3 aromatic rings. The summed E-state index contributed by atoms with van der Waals surface area (Å²) >= 11 is 0. The van der Waals surface area contributed by atoms with Crippen molar-refractivity contribution in [1.29, 1.82) is 0 Å². The molecule has 0 spiro atoms. The number of ketones is 1. The number of hydrogen-bond donors (Lipinski definition) is 0. The van der Waals surface area contributed by atoms with Gasteiger partial charge in [0, 0.05) is 36.0 Å². The highest BCUT2D eigenvalue weighted by atomic mass is 19.1. The highest BCUT2D eigenvalue weighted by molar-refractivity contribution is 5.96. The average molecular weight is 323 g/mol. The Balaban J connectivity index is 1.99. The second-order valence-electron chi connectivity index (χ2n) is 5.96. The summed E-state index contributed by atoms with van der Waals surface area (Å²) in [4.78, 5) is 12.7. The summed E-state index contributed by atoms with van der Waals surface area (Å²) in [7, 11) is 0. The minimum absolute atomic E-state index is 0.0185. The third kappa shape index (κ3) is 2.87. The number of carbonyl (C=O) groups is 1. The van der Waals surface area contributed by atoms with Crippen LogP contribution in [0, 0.1) is 26.6 Å². The summed E-state index contributed by atoms with van der Waals surface area (Å²) in [6.45, 7) is 5.98. The maximum atomic E-state index is 14.1. The van der Waals surface area contributed by atoms with E-state index >= 15 is 0 Å². The average Bonchev–Trinajstić information content (AvgIpc) is 2.85. The zero-order valence-electron chi connectivity index (χ0n) is 14.1. The number of aryl methyl sites for hydroxylation is 2. The van der Waals surface area contributed by atoms with E-state index in [9.17, 15) is 9.18 Å². The van der Waals surface area contributed by atoms with E-state index in [0.29, 0.717) is 11.3 Å². The van der Waals surface area contributed by atoms with Crippen LogP contribution in [-0.2, 0) is 6.54 Å². The van der Waals surface area contributed by atoms with Crippen LogP contribution in [0.15, 0.2) is 54.7 Å². The molecule has 0 aliphatic heterocycles. The molecule has 122 valence electrons. The summed E-state index contributed by atoms with van der Waals surface area (Å²) in [5.41, 5.74) is 3.72. The predicted molar refractivity (Wildman–Crippen MR) is 90.9 cm³/mol. The minimum Gasteiger partial charge on any atom is -0.315 e. The van der Waals surface area contributed by atoms with Gasteiger partial charge >= 0.3 is 0 Å². The predicted octanol–water partition coefficient (Wildman–Crippen LogP) is 3.71. The molecule has 0 unspecified atom stereocenters. The fraction of sp³-hybridized carbons (Fsp3) is 0.200. The highest BCUT2D eigenvalue weighted by Crippen LogP contribution is 2.23. The van der Waals surface area contributed by atoms with Crippen molar-refractivity contribution in [3.63, 3.8) is 0 Å². The van der Waals surface area contributed by atoms with Gasteiger partial charge < -0.3 is 4.57 Å². The third-order valence-electron chi connectivity index (χ3n) is 4.31. The van der Waals surface area contributed by atoms with E-state index in [1.165, 1.54) is 6.07 Å². The van der Waals surface area contributed by atoms with Crippen LogP contribution < -0.4 is 4.57 Å². The van der Waals surface area contributed by atoms with Crippen molar-refractivity contribution in [2.45, 2.75) is 27.3 Å². The maximum Gasteiger partial charge on any atom is 0.229 e. The van der Waals surface area contributed by atoms with Crippen LogP contribution >= 0.6 is 0 Å². The van der Waals surface area contributed by atoms with Gasteiger partial charge in [0.05, 0.1) is 5.69 Å². The molecule has 2 aromatic heterocycles.